The lowest BCUT2D eigenvalue weighted by atomic mass is 10.1. The molecule has 0 unspecified atom stereocenters. The fraction of sp³-hybridized carbons (Fsp3) is 0.0690. The van der Waals surface area contributed by atoms with E-state index >= 15 is 0 Å². The summed E-state index contributed by atoms with van der Waals surface area (Å²) in [4.78, 5) is 25.4. The molecule has 0 radical (unpaired) electrons. The predicted molar refractivity (Wildman–Crippen MR) is 146 cm³/mol. The number of primary sulfonamides is 1. The minimum absolute atomic E-state index is 0.0606. The van der Waals surface area contributed by atoms with Crippen LogP contribution < -0.4 is 10.1 Å². The molecule has 0 fully saturated rings. The molecule has 0 saturated heterocycles. The van der Waals surface area contributed by atoms with E-state index in [1.54, 1.807) is 49.4 Å². The van der Waals surface area contributed by atoms with Crippen LogP contribution in [0.1, 0.15) is 28.6 Å². The van der Waals surface area contributed by atoms with Gasteiger partial charge in [0, 0.05) is 5.56 Å². The number of nitrogens with zero attached hydrogens (tertiary/aromatic N) is 2. The molecule has 0 saturated carbocycles. The number of carbonyl (C=O) groups excluding carboxylic acids is 2. The van der Waals surface area contributed by atoms with Crippen molar-refractivity contribution in [2.24, 2.45) is 10.2 Å². The Kier molecular flexibility index (Phi) is 6.97. The Bertz CT molecular complexity index is 1700. The summed E-state index contributed by atoms with van der Waals surface area (Å²) in [6.45, 7) is 1.89. The second kappa shape index (κ2) is 10.5. The quantitative estimate of drug-likeness (QED) is 0.265. The van der Waals surface area contributed by atoms with E-state index in [-0.39, 0.29) is 17.4 Å². The van der Waals surface area contributed by atoms with Gasteiger partial charge >= 0.3 is 5.97 Å². The lowest BCUT2D eigenvalue weighted by molar-refractivity contribution is -0.114. The Balaban J connectivity index is 1.27. The molecule has 1 aliphatic heterocycles. The van der Waals surface area contributed by atoms with Gasteiger partial charge in [-0.15, -0.1) is 0 Å². The number of sulfonamides is 1. The zero-order valence-electron chi connectivity index (χ0n) is 20.8. The minimum atomic E-state index is -3.85. The summed E-state index contributed by atoms with van der Waals surface area (Å²) >= 11 is 0. The Labute approximate surface area is 224 Å². The van der Waals surface area contributed by atoms with Crippen molar-refractivity contribution in [2.45, 2.75) is 18.4 Å². The Morgan fingerprint density at radius 3 is 2.33 bits per heavy atom. The van der Waals surface area contributed by atoms with E-state index < -0.39 is 16.0 Å². The summed E-state index contributed by atoms with van der Waals surface area (Å²) in [5.41, 5.74) is 3.29. The molecule has 9 nitrogen and oxygen atoms in total. The van der Waals surface area contributed by atoms with E-state index in [4.69, 9.17) is 14.3 Å². The molecule has 0 bridgehead atoms. The Morgan fingerprint density at radius 2 is 1.67 bits per heavy atom. The molecule has 1 amide bonds. The van der Waals surface area contributed by atoms with Gasteiger partial charge in [-0.25, -0.2) is 18.4 Å². The van der Waals surface area contributed by atoms with Gasteiger partial charge in [-0.05, 0) is 67.1 Å². The molecule has 0 spiro atoms. The van der Waals surface area contributed by atoms with Crippen molar-refractivity contribution in [3.05, 3.63) is 113 Å². The molecule has 2 heterocycles. The predicted octanol–water partition coefficient (Wildman–Crippen LogP) is 4.76. The fourth-order valence-electron chi connectivity index (χ4n) is 3.94. The average molecular weight is 542 g/mol. The van der Waals surface area contributed by atoms with Crippen LogP contribution in [0.3, 0.4) is 0 Å². The molecule has 2 N–H and O–H groups in total. The number of hydrazone groups is 1. The first-order valence-corrected chi connectivity index (χ1v) is 13.4. The highest BCUT2D eigenvalue weighted by Crippen LogP contribution is 2.28. The van der Waals surface area contributed by atoms with Gasteiger partial charge in [-0.1, -0.05) is 42.5 Å². The number of carbonyl (C=O) groups is 2. The second-order valence-corrected chi connectivity index (χ2v) is 10.3. The number of esters is 1. The number of nitrogens with two attached hydrogens (primary N) is 1. The largest absolute Gasteiger partial charge is 0.457 e. The third kappa shape index (κ3) is 5.71. The number of anilines is 1. The van der Waals surface area contributed by atoms with Crippen LogP contribution in [0.4, 0.5) is 5.69 Å². The second-order valence-electron chi connectivity index (χ2n) is 8.74. The van der Waals surface area contributed by atoms with Gasteiger partial charge in [0.1, 0.15) is 18.1 Å². The van der Waals surface area contributed by atoms with Crippen molar-refractivity contribution < 1.29 is 27.2 Å². The van der Waals surface area contributed by atoms with Crippen LogP contribution in [0.2, 0.25) is 0 Å². The van der Waals surface area contributed by atoms with E-state index in [1.165, 1.54) is 29.3 Å². The number of hydrogen-bond donors (Lipinski definition) is 1. The molecule has 5 rings (SSSR count). The number of furan rings is 1. The van der Waals surface area contributed by atoms with Crippen molar-refractivity contribution in [1.82, 2.24) is 0 Å². The highest BCUT2D eigenvalue weighted by molar-refractivity contribution is 7.89. The smallest absolute Gasteiger partial charge is 0.338 e. The molecule has 0 aliphatic carbocycles. The number of benzene rings is 3. The summed E-state index contributed by atoms with van der Waals surface area (Å²) in [7, 11) is -3.85. The molecular weight excluding hydrogens is 518 g/mol. The highest BCUT2D eigenvalue weighted by Gasteiger charge is 2.29. The van der Waals surface area contributed by atoms with Gasteiger partial charge < -0.3 is 9.15 Å². The van der Waals surface area contributed by atoms with Gasteiger partial charge in [-0.2, -0.15) is 10.1 Å². The van der Waals surface area contributed by atoms with Gasteiger partial charge in [0.15, 0.2) is 0 Å². The number of hydrogen-bond acceptors (Lipinski definition) is 7. The maximum Gasteiger partial charge on any atom is 0.338 e. The maximum atomic E-state index is 13.0. The van der Waals surface area contributed by atoms with Crippen LogP contribution in [0.25, 0.3) is 17.4 Å². The van der Waals surface area contributed by atoms with Crippen LogP contribution in [0.15, 0.2) is 111 Å². The van der Waals surface area contributed by atoms with Crippen LogP contribution >= 0.6 is 0 Å². The lowest BCUT2D eigenvalue weighted by Crippen LogP contribution is -2.21. The zero-order valence-corrected chi connectivity index (χ0v) is 21.6. The van der Waals surface area contributed by atoms with Crippen molar-refractivity contribution in [3.63, 3.8) is 0 Å². The summed E-state index contributed by atoms with van der Waals surface area (Å²) in [6, 6.07) is 25.4. The first-order valence-electron chi connectivity index (χ1n) is 11.8. The molecule has 4 aromatic rings. The standard InChI is InChI=1S/C29H23N3O6S/c1-19-26(28(33)32(31-19)23-11-14-25(15-12-23)39(30,35)36)17-24-13-16-27(38-24)21-7-9-22(10-8-21)29(34)37-18-20-5-3-2-4-6-20/h2-17H,18H2,1H3,(H2,30,35,36)/b26-17-. The first kappa shape index (κ1) is 25.8. The first-order chi connectivity index (χ1) is 18.7. The Hall–Kier alpha value is -4.80. The van der Waals surface area contributed by atoms with E-state index in [9.17, 15) is 18.0 Å². The molecule has 1 aromatic heterocycles. The summed E-state index contributed by atoms with van der Waals surface area (Å²) in [5, 5.41) is 10.6. The monoisotopic (exact) mass is 541 g/mol. The fourth-order valence-corrected chi connectivity index (χ4v) is 4.46. The van der Waals surface area contributed by atoms with Crippen molar-refractivity contribution >= 4 is 39.4 Å². The third-order valence-corrected chi connectivity index (χ3v) is 6.93. The molecule has 10 heteroatoms. The summed E-state index contributed by atoms with van der Waals surface area (Å²) in [6.07, 6.45) is 1.60. The molecule has 3 aromatic carbocycles. The maximum absolute atomic E-state index is 13.0. The Morgan fingerprint density at radius 1 is 0.974 bits per heavy atom. The van der Waals surface area contributed by atoms with Gasteiger partial charge in [0.2, 0.25) is 10.0 Å². The van der Waals surface area contributed by atoms with Crippen molar-refractivity contribution in [3.8, 4) is 11.3 Å². The number of rotatable bonds is 7. The summed E-state index contributed by atoms with van der Waals surface area (Å²) < 4.78 is 34.3. The molecule has 0 atom stereocenters. The van der Waals surface area contributed by atoms with Gasteiger partial charge in [0.25, 0.3) is 5.91 Å². The normalized spacial score (nSPS) is 14.5. The van der Waals surface area contributed by atoms with Crippen molar-refractivity contribution in [2.75, 3.05) is 5.01 Å². The van der Waals surface area contributed by atoms with E-state index in [0.29, 0.717) is 34.1 Å². The van der Waals surface area contributed by atoms with Gasteiger partial charge in [-0.3, -0.25) is 4.79 Å². The van der Waals surface area contributed by atoms with Crippen molar-refractivity contribution in [1.29, 1.82) is 0 Å². The third-order valence-electron chi connectivity index (χ3n) is 6.00. The lowest BCUT2D eigenvalue weighted by Gasteiger charge is -2.11. The molecule has 39 heavy (non-hydrogen) atoms. The minimum Gasteiger partial charge on any atom is -0.457 e. The van der Waals surface area contributed by atoms with Crippen LogP contribution in [0.5, 0.6) is 0 Å². The average Bonchev–Trinajstić information content (AvgIpc) is 3.52. The van der Waals surface area contributed by atoms with Gasteiger partial charge in [0.05, 0.1) is 27.4 Å². The number of amides is 1. The van der Waals surface area contributed by atoms with Crippen LogP contribution in [0, 0.1) is 0 Å². The molecule has 1 aliphatic rings. The SMILES string of the molecule is CC1=NN(c2ccc(S(N)(=O)=O)cc2)C(=O)/C1=C\c1ccc(-c2ccc(C(=O)OCc3ccccc3)cc2)o1. The highest BCUT2D eigenvalue weighted by atomic mass is 32.2. The van der Waals surface area contributed by atoms with E-state index in [0.717, 1.165) is 11.1 Å². The number of ether oxygens (including phenoxy) is 1. The zero-order chi connectivity index (χ0) is 27.6. The van der Waals surface area contributed by atoms with E-state index in [2.05, 4.69) is 5.10 Å². The molecule has 196 valence electrons. The molecular formula is C29H23N3O6S. The topological polar surface area (TPSA) is 132 Å². The summed E-state index contributed by atoms with van der Waals surface area (Å²) in [5.74, 6) is 0.197. The van der Waals surface area contributed by atoms with E-state index in [1.807, 2.05) is 30.3 Å². The van der Waals surface area contributed by atoms with Crippen LogP contribution in [-0.4, -0.2) is 26.0 Å². The van der Waals surface area contributed by atoms with Crippen LogP contribution in [-0.2, 0) is 26.2 Å².